The van der Waals surface area contributed by atoms with Crippen LogP contribution < -0.4 is 10.2 Å². The zero-order chi connectivity index (χ0) is 24.7. The van der Waals surface area contributed by atoms with Gasteiger partial charge in [-0.1, -0.05) is 23.8 Å². The van der Waals surface area contributed by atoms with E-state index in [0.29, 0.717) is 5.11 Å². The molecule has 1 aliphatic heterocycles. The molecule has 0 unspecified atom stereocenters. The minimum absolute atomic E-state index is 0.113. The lowest BCUT2D eigenvalue weighted by Crippen LogP contribution is -2.29. The van der Waals surface area contributed by atoms with Crippen molar-refractivity contribution < 1.29 is 9.90 Å². The number of rotatable bonds is 5. The van der Waals surface area contributed by atoms with Gasteiger partial charge in [-0.2, -0.15) is 0 Å². The molecule has 5 rings (SSSR count). The van der Waals surface area contributed by atoms with Gasteiger partial charge in [-0.15, -0.1) is 0 Å². The maximum Gasteiger partial charge on any atom is 0.335 e. The number of anilines is 1. The summed E-state index contributed by atoms with van der Waals surface area (Å²) in [6.07, 6.45) is 1.80. The first-order chi connectivity index (χ1) is 16.8. The van der Waals surface area contributed by atoms with Crippen LogP contribution in [0, 0.1) is 20.8 Å². The van der Waals surface area contributed by atoms with Crippen molar-refractivity contribution in [2.24, 2.45) is 0 Å². The van der Waals surface area contributed by atoms with E-state index in [1.54, 1.807) is 18.3 Å². The van der Waals surface area contributed by atoms with Crippen molar-refractivity contribution in [3.63, 3.8) is 0 Å². The van der Waals surface area contributed by atoms with Gasteiger partial charge in [0.15, 0.2) is 5.11 Å². The molecule has 35 heavy (non-hydrogen) atoms. The van der Waals surface area contributed by atoms with Gasteiger partial charge in [0.05, 0.1) is 23.3 Å². The van der Waals surface area contributed by atoms with E-state index in [0.717, 1.165) is 34.0 Å². The molecule has 6 nitrogen and oxygen atoms in total. The summed E-state index contributed by atoms with van der Waals surface area (Å²) in [5.74, 6) is -0.935. The van der Waals surface area contributed by atoms with Gasteiger partial charge in [0, 0.05) is 29.0 Å². The van der Waals surface area contributed by atoms with Crippen molar-refractivity contribution in [3.8, 4) is 5.69 Å². The predicted octanol–water partition coefficient (Wildman–Crippen LogP) is 5.67. The first kappa shape index (κ1) is 22.8. The van der Waals surface area contributed by atoms with Crippen LogP contribution in [-0.4, -0.2) is 25.7 Å². The highest BCUT2D eigenvalue weighted by Crippen LogP contribution is 2.43. The summed E-state index contributed by atoms with van der Waals surface area (Å²) < 4.78 is 2.16. The van der Waals surface area contributed by atoms with E-state index in [-0.39, 0.29) is 17.6 Å². The van der Waals surface area contributed by atoms with Gasteiger partial charge >= 0.3 is 5.97 Å². The number of carbonyl (C=O) groups is 1. The van der Waals surface area contributed by atoms with Crippen LogP contribution in [0.3, 0.4) is 0 Å². The number of aromatic carboxylic acids is 1. The van der Waals surface area contributed by atoms with Crippen molar-refractivity contribution in [2.45, 2.75) is 32.9 Å². The summed E-state index contributed by atoms with van der Waals surface area (Å²) >= 11 is 5.85. The van der Waals surface area contributed by atoms with Gasteiger partial charge in [0.1, 0.15) is 0 Å². The SMILES string of the molecule is Cc1ccc(N2C(=S)N[C@@H](c3ccccn3)[C@@H]2c2cc(C)n(-c3ccc(C(=O)O)cc3)c2C)cc1. The standard InChI is InChI=1S/C28H26N4O2S/c1-17-7-11-22(12-8-17)32-26(25(30-28(32)35)24-6-4-5-15-29-24)23-16-18(2)31(19(23)3)21-13-9-20(10-14-21)27(33)34/h4-16,25-26H,1-3H3,(H,30,35)(H,33,34)/t25-,26-/m0/s1. The van der Waals surface area contributed by atoms with Crippen molar-refractivity contribution in [1.29, 1.82) is 0 Å². The molecule has 0 spiro atoms. The molecule has 7 heteroatoms. The van der Waals surface area contributed by atoms with Gasteiger partial charge in [-0.05, 0) is 93.1 Å². The number of nitrogens with zero attached hydrogens (tertiary/aromatic N) is 3. The highest BCUT2D eigenvalue weighted by molar-refractivity contribution is 7.80. The van der Waals surface area contributed by atoms with E-state index in [1.807, 2.05) is 30.3 Å². The molecule has 2 aromatic carbocycles. The summed E-state index contributed by atoms with van der Waals surface area (Å²) in [5, 5.41) is 13.5. The van der Waals surface area contributed by atoms with Crippen molar-refractivity contribution in [3.05, 3.63) is 113 Å². The Morgan fingerprint density at radius 2 is 1.66 bits per heavy atom. The van der Waals surface area contributed by atoms with Crippen LogP contribution in [0.5, 0.6) is 0 Å². The lowest BCUT2D eigenvalue weighted by Gasteiger charge is -2.28. The number of thiocarbonyl (C=S) groups is 1. The molecular weight excluding hydrogens is 456 g/mol. The third-order valence-corrected chi connectivity index (χ3v) is 6.89. The number of hydrogen-bond donors (Lipinski definition) is 2. The third kappa shape index (κ3) is 4.08. The van der Waals surface area contributed by atoms with Gasteiger partial charge < -0.3 is 19.9 Å². The number of pyridine rings is 1. The zero-order valence-electron chi connectivity index (χ0n) is 19.8. The molecule has 1 aliphatic rings. The first-order valence-electron chi connectivity index (χ1n) is 11.4. The van der Waals surface area contributed by atoms with E-state index in [9.17, 15) is 9.90 Å². The highest BCUT2D eigenvalue weighted by atomic mass is 32.1. The largest absolute Gasteiger partial charge is 0.478 e. The number of nitrogens with one attached hydrogen (secondary N) is 1. The van der Waals surface area contributed by atoms with Crippen LogP contribution in [-0.2, 0) is 0 Å². The lowest BCUT2D eigenvalue weighted by molar-refractivity contribution is 0.0697. The van der Waals surface area contributed by atoms with Crippen LogP contribution in [0.2, 0.25) is 0 Å². The first-order valence-corrected chi connectivity index (χ1v) is 11.9. The Balaban J connectivity index is 1.65. The Bertz CT molecular complexity index is 1400. The molecule has 0 bridgehead atoms. The summed E-state index contributed by atoms with van der Waals surface area (Å²) in [6, 6.07) is 23.2. The molecule has 0 saturated carbocycles. The quantitative estimate of drug-likeness (QED) is 0.357. The number of carboxylic acid groups (broad SMARTS) is 1. The normalized spacial score (nSPS) is 17.5. The summed E-state index contributed by atoms with van der Waals surface area (Å²) in [6.45, 7) is 6.23. The Morgan fingerprint density at radius 3 is 2.29 bits per heavy atom. The molecular formula is C28H26N4O2S. The van der Waals surface area contributed by atoms with Crippen molar-refractivity contribution in [1.82, 2.24) is 14.9 Å². The molecule has 1 saturated heterocycles. The molecule has 1 fully saturated rings. The Morgan fingerprint density at radius 1 is 0.971 bits per heavy atom. The fourth-order valence-electron chi connectivity index (χ4n) is 4.89. The second-order valence-corrected chi connectivity index (χ2v) is 9.23. The van der Waals surface area contributed by atoms with Gasteiger partial charge in [0.2, 0.25) is 0 Å². The number of aromatic nitrogens is 2. The van der Waals surface area contributed by atoms with E-state index in [2.05, 4.69) is 70.9 Å². The van der Waals surface area contributed by atoms with E-state index >= 15 is 0 Å². The molecule has 2 N–H and O–H groups in total. The summed E-state index contributed by atoms with van der Waals surface area (Å²) in [4.78, 5) is 18.1. The number of benzene rings is 2. The summed E-state index contributed by atoms with van der Waals surface area (Å²) in [7, 11) is 0. The molecule has 176 valence electrons. The van der Waals surface area contributed by atoms with E-state index in [4.69, 9.17) is 12.2 Å². The van der Waals surface area contributed by atoms with Gasteiger partial charge in [-0.3, -0.25) is 4.98 Å². The topological polar surface area (TPSA) is 70.4 Å². The zero-order valence-corrected chi connectivity index (χ0v) is 20.6. The van der Waals surface area contributed by atoms with Crippen molar-refractivity contribution >= 4 is 29.0 Å². The van der Waals surface area contributed by atoms with Crippen LogP contribution in [0.15, 0.2) is 79.0 Å². The molecule has 0 amide bonds. The monoisotopic (exact) mass is 482 g/mol. The van der Waals surface area contributed by atoms with Crippen LogP contribution in [0.25, 0.3) is 5.69 Å². The lowest BCUT2D eigenvalue weighted by atomic mass is 9.96. The maximum atomic E-state index is 11.3. The number of carboxylic acids is 1. The van der Waals surface area contributed by atoms with Crippen LogP contribution in [0.1, 0.15) is 50.7 Å². The molecule has 4 aromatic rings. The second kappa shape index (κ2) is 9.00. The molecule has 2 aromatic heterocycles. The van der Waals surface area contributed by atoms with E-state index in [1.165, 1.54) is 5.56 Å². The molecule has 2 atom stereocenters. The fraction of sp³-hybridized carbons (Fsp3) is 0.179. The Hall–Kier alpha value is -3.97. The second-order valence-electron chi connectivity index (χ2n) is 8.85. The minimum atomic E-state index is -0.935. The maximum absolute atomic E-state index is 11.3. The van der Waals surface area contributed by atoms with Crippen LogP contribution in [0.4, 0.5) is 5.69 Å². The Kier molecular flexibility index (Phi) is 5.86. The highest BCUT2D eigenvalue weighted by Gasteiger charge is 2.42. The molecule has 0 radical (unpaired) electrons. The van der Waals surface area contributed by atoms with E-state index < -0.39 is 5.97 Å². The minimum Gasteiger partial charge on any atom is -0.478 e. The average molecular weight is 483 g/mol. The molecule has 0 aliphatic carbocycles. The Labute approximate surface area is 209 Å². The number of aryl methyl sites for hydroxylation is 2. The smallest absolute Gasteiger partial charge is 0.335 e. The summed E-state index contributed by atoms with van der Waals surface area (Å²) in [5.41, 5.74) is 7.57. The average Bonchev–Trinajstić information content (AvgIpc) is 3.35. The van der Waals surface area contributed by atoms with Crippen molar-refractivity contribution in [2.75, 3.05) is 4.90 Å². The van der Waals surface area contributed by atoms with Crippen LogP contribution >= 0.6 is 12.2 Å². The third-order valence-electron chi connectivity index (χ3n) is 6.57. The van der Waals surface area contributed by atoms with Gasteiger partial charge in [0.25, 0.3) is 0 Å². The fourth-order valence-corrected chi connectivity index (χ4v) is 5.24. The number of hydrogen-bond acceptors (Lipinski definition) is 3. The van der Waals surface area contributed by atoms with Gasteiger partial charge in [-0.25, -0.2) is 4.79 Å². The molecule has 3 heterocycles. The predicted molar refractivity (Wildman–Crippen MR) is 141 cm³/mol.